The maximum atomic E-state index is 11.5. The molecule has 0 aliphatic carbocycles. The largest absolute Gasteiger partial charge is 0.478 e. The van der Waals surface area contributed by atoms with Crippen molar-refractivity contribution in [1.29, 1.82) is 0 Å². The van der Waals surface area contributed by atoms with E-state index in [4.69, 9.17) is 4.74 Å². The number of aromatic nitrogens is 2. The first-order valence-electron chi connectivity index (χ1n) is 7.29. The van der Waals surface area contributed by atoms with Crippen LogP contribution in [0, 0.1) is 0 Å². The molecule has 0 bridgehead atoms. The normalized spacial score (nSPS) is 15.6. The average molecular weight is 289 g/mol. The van der Waals surface area contributed by atoms with Crippen LogP contribution in [0.25, 0.3) is 11.0 Å². The fourth-order valence-electron chi connectivity index (χ4n) is 2.78. The van der Waals surface area contributed by atoms with Crippen molar-refractivity contribution in [2.24, 2.45) is 0 Å². The molecule has 0 amide bonds. The number of para-hydroxylation sites is 1. The summed E-state index contributed by atoms with van der Waals surface area (Å²) in [4.78, 5) is 16.2. The Balaban J connectivity index is 2.21. The molecule has 1 aromatic heterocycles. The highest BCUT2D eigenvalue weighted by Crippen LogP contribution is 2.22. The molecule has 1 aliphatic rings. The highest BCUT2D eigenvalue weighted by Gasteiger charge is 2.22. The predicted molar refractivity (Wildman–Crippen MR) is 79.5 cm³/mol. The van der Waals surface area contributed by atoms with Crippen molar-refractivity contribution < 1.29 is 14.6 Å². The first-order valence-corrected chi connectivity index (χ1v) is 7.29. The standard InChI is InChI=1S/C15H19N3O3/c1-2-4-13-16-12-6-3-5-11(15(19)20)14(12)18(13)17-7-9-21-10-8-17/h3,5-6H,2,4,7-10H2,1H3,(H,19,20). The van der Waals surface area contributed by atoms with Crippen LogP contribution in [0.1, 0.15) is 29.5 Å². The number of morpholine rings is 1. The summed E-state index contributed by atoms with van der Waals surface area (Å²) in [5.41, 5.74) is 1.73. The van der Waals surface area contributed by atoms with Crippen LogP contribution in [0.3, 0.4) is 0 Å². The van der Waals surface area contributed by atoms with E-state index in [1.165, 1.54) is 0 Å². The lowest BCUT2D eigenvalue weighted by Crippen LogP contribution is -2.44. The van der Waals surface area contributed by atoms with Gasteiger partial charge in [-0.15, -0.1) is 0 Å². The first-order chi connectivity index (χ1) is 10.2. The molecule has 0 radical (unpaired) electrons. The second kappa shape index (κ2) is 5.73. The zero-order valence-corrected chi connectivity index (χ0v) is 12.1. The van der Waals surface area contributed by atoms with Crippen LogP contribution in [0.2, 0.25) is 0 Å². The van der Waals surface area contributed by atoms with Gasteiger partial charge in [0.05, 0.1) is 37.4 Å². The molecule has 6 heteroatoms. The van der Waals surface area contributed by atoms with Crippen LogP contribution < -0.4 is 5.01 Å². The van der Waals surface area contributed by atoms with Gasteiger partial charge in [-0.1, -0.05) is 13.0 Å². The molecule has 0 saturated carbocycles. The Morgan fingerprint density at radius 1 is 1.38 bits per heavy atom. The van der Waals surface area contributed by atoms with Gasteiger partial charge in [0.15, 0.2) is 0 Å². The van der Waals surface area contributed by atoms with E-state index in [1.807, 2.05) is 10.7 Å². The van der Waals surface area contributed by atoms with Gasteiger partial charge in [0.1, 0.15) is 11.3 Å². The Morgan fingerprint density at radius 2 is 2.14 bits per heavy atom. The number of aromatic carboxylic acids is 1. The van der Waals surface area contributed by atoms with Crippen LogP contribution in [-0.2, 0) is 11.2 Å². The maximum Gasteiger partial charge on any atom is 0.337 e. The Morgan fingerprint density at radius 3 is 2.81 bits per heavy atom. The summed E-state index contributed by atoms with van der Waals surface area (Å²) < 4.78 is 7.39. The van der Waals surface area contributed by atoms with E-state index in [2.05, 4.69) is 16.9 Å². The zero-order chi connectivity index (χ0) is 14.8. The third kappa shape index (κ3) is 2.47. The lowest BCUT2D eigenvalue weighted by atomic mass is 10.2. The Labute approximate surface area is 122 Å². The molecular formula is C15H19N3O3. The van der Waals surface area contributed by atoms with Crippen molar-refractivity contribution in [1.82, 2.24) is 9.66 Å². The van der Waals surface area contributed by atoms with Crippen molar-refractivity contribution in [3.05, 3.63) is 29.6 Å². The van der Waals surface area contributed by atoms with E-state index in [0.717, 1.165) is 37.3 Å². The van der Waals surface area contributed by atoms with Gasteiger partial charge < -0.3 is 14.9 Å². The van der Waals surface area contributed by atoms with Crippen LogP contribution in [0.15, 0.2) is 18.2 Å². The van der Waals surface area contributed by atoms with Gasteiger partial charge in [-0.3, -0.25) is 0 Å². The van der Waals surface area contributed by atoms with E-state index in [1.54, 1.807) is 12.1 Å². The Bertz CT molecular complexity index is 659. The molecule has 2 heterocycles. The third-order valence-corrected chi connectivity index (χ3v) is 3.69. The van der Waals surface area contributed by atoms with E-state index < -0.39 is 5.97 Å². The molecule has 1 aromatic carbocycles. The summed E-state index contributed by atoms with van der Waals surface area (Å²) in [6.07, 6.45) is 1.79. The lowest BCUT2D eigenvalue weighted by molar-refractivity contribution is 0.0698. The number of nitrogens with zero attached hydrogens (tertiary/aromatic N) is 3. The fraction of sp³-hybridized carbons (Fsp3) is 0.467. The van der Waals surface area contributed by atoms with Gasteiger partial charge in [-0.05, 0) is 18.6 Å². The second-order valence-electron chi connectivity index (χ2n) is 5.13. The summed E-state index contributed by atoms with van der Waals surface area (Å²) >= 11 is 0. The van der Waals surface area contributed by atoms with Gasteiger partial charge in [0, 0.05) is 6.42 Å². The summed E-state index contributed by atoms with van der Waals surface area (Å²) in [7, 11) is 0. The first kappa shape index (κ1) is 13.9. The Kier molecular flexibility index (Phi) is 3.79. The number of benzene rings is 1. The van der Waals surface area contributed by atoms with Crippen molar-refractivity contribution in [3.8, 4) is 0 Å². The molecule has 21 heavy (non-hydrogen) atoms. The summed E-state index contributed by atoms with van der Waals surface area (Å²) in [5, 5.41) is 11.6. The molecule has 0 atom stereocenters. The van der Waals surface area contributed by atoms with Gasteiger partial charge in [-0.2, -0.15) is 0 Å². The quantitative estimate of drug-likeness (QED) is 0.927. The minimum atomic E-state index is -0.918. The smallest absolute Gasteiger partial charge is 0.337 e. The van der Waals surface area contributed by atoms with Crippen LogP contribution in [0.5, 0.6) is 0 Å². The van der Waals surface area contributed by atoms with Crippen LogP contribution >= 0.6 is 0 Å². The minimum absolute atomic E-state index is 0.300. The van der Waals surface area contributed by atoms with Gasteiger partial charge in [0.25, 0.3) is 0 Å². The number of ether oxygens (including phenoxy) is 1. The van der Waals surface area contributed by atoms with E-state index in [0.29, 0.717) is 24.3 Å². The molecule has 3 rings (SSSR count). The third-order valence-electron chi connectivity index (χ3n) is 3.69. The average Bonchev–Trinajstić information content (AvgIpc) is 2.86. The highest BCUT2D eigenvalue weighted by atomic mass is 16.5. The SMILES string of the molecule is CCCc1nc2cccc(C(=O)O)c2n1N1CCOCC1. The van der Waals surface area contributed by atoms with Crippen LogP contribution in [-0.4, -0.2) is 47.0 Å². The van der Waals surface area contributed by atoms with Gasteiger partial charge in [0.2, 0.25) is 0 Å². The number of hydrogen-bond acceptors (Lipinski definition) is 4. The molecule has 6 nitrogen and oxygen atoms in total. The molecule has 1 aliphatic heterocycles. The van der Waals surface area contributed by atoms with Gasteiger partial charge >= 0.3 is 5.97 Å². The van der Waals surface area contributed by atoms with E-state index in [9.17, 15) is 9.90 Å². The topological polar surface area (TPSA) is 67.6 Å². The van der Waals surface area contributed by atoms with Crippen molar-refractivity contribution >= 4 is 17.0 Å². The summed E-state index contributed by atoms with van der Waals surface area (Å²) in [5.74, 6) is 0.00107. The number of rotatable bonds is 4. The predicted octanol–water partition coefficient (Wildman–Crippen LogP) is 1.66. The number of hydrogen-bond donors (Lipinski definition) is 1. The minimum Gasteiger partial charge on any atom is -0.478 e. The van der Waals surface area contributed by atoms with E-state index >= 15 is 0 Å². The number of imidazole rings is 1. The molecule has 1 N–H and O–H groups in total. The monoisotopic (exact) mass is 289 g/mol. The number of fused-ring (bicyclic) bond motifs is 1. The number of aryl methyl sites for hydroxylation is 1. The molecule has 0 spiro atoms. The van der Waals surface area contributed by atoms with Crippen molar-refractivity contribution in [2.45, 2.75) is 19.8 Å². The Hall–Kier alpha value is -2.08. The van der Waals surface area contributed by atoms with E-state index in [-0.39, 0.29) is 0 Å². The van der Waals surface area contributed by atoms with Crippen molar-refractivity contribution in [2.75, 3.05) is 31.3 Å². The number of carboxylic acid groups (broad SMARTS) is 1. The number of carboxylic acids is 1. The molecule has 112 valence electrons. The fourth-order valence-corrected chi connectivity index (χ4v) is 2.78. The number of carbonyl (C=O) groups is 1. The summed E-state index contributed by atoms with van der Waals surface area (Å²) in [6, 6.07) is 5.26. The molecule has 0 unspecified atom stereocenters. The highest BCUT2D eigenvalue weighted by molar-refractivity contribution is 6.01. The van der Waals surface area contributed by atoms with Crippen LogP contribution in [0.4, 0.5) is 0 Å². The molecular weight excluding hydrogens is 270 g/mol. The lowest BCUT2D eigenvalue weighted by Gasteiger charge is -2.31. The maximum absolute atomic E-state index is 11.5. The second-order valence-corrected chi connectivity index (χ2v) is 5.13. The van der Waals surface area contributed by atoms with Crippen molar-refractivity contribution in [3.63, 3.8) is 0 Å². The summed E-state index contributed by atoms with van der Waals surface area (Å²) in [6.45, 7) is 4.90. The molecule has 1 fully saturated rings. The molecule has 2 aromatic rings. The van der Waals surface area contributed by atoms with Gasteiger partial charge in [-0.25, -0.2) is 14.5 Å². The zero-order valence-electron chi connectivity index (χ0n) is 12.1. The molecule has 1 saturated heterocycles.